The zero-order valence-corrected chi connectivity index (χ0v) is 11.9. The Labute approximate surface area is 120 Å². The Hall–Kier alpha value is -1.84. The second kappa shape index (κ2) is 7.68. The summed E-state index contributed by atoms with van der Waals surface area (Å²) in [7, 11) is 1.68. The maximum atomic E-state index is 5.61. The fourth-order valence-corrected chi connectivity index (χ4v) is 2.25. The Morgan fingerprint density at radius 1 is 1.05 bits per heavy atom. The molecule has 0 fully saturated rings. The highest BCUT2D eigenvalue weighted by molar-refractivity contribution is 5.30. The molecule has 106 valence electrons. The fourth-order valence-electron chi connectivity index (χ4n) is 2.25. The highest BCUT2D eigenvalue weighted by Crippen LogP contribution is 2.21. The first-order chi connectivity index (χ1) is 9.83. The maximum Gasteiger partial charge on any atom is 0.118 e. The summed E-state index contributed by atoms with van der Waals surface area (Å²) in [6, 6.07) is 19.0. The Balaban J connectivity index is 2.13. The van der Waals surface area contributed by atoms with Gasteiger partial charge in [-0.05, 0) is 29.7 Å². The topological polar surface area (TPSA) is 47.3 Å². The molecule has 0 saturated carbocycles. The molecule has 0 aromatic heterocycles. The summed E-state index contributed by atoms with van der Waals surface area (Å²) in [5.74, 6) is 0.881. The standard InChI is InChI=1S/C17H22N2O/c1-20-16-9-7-15(8-10-16)17(19-12-11-18)13-14-5-3-2-4-6-14/h2-10,17,19H,11-13,18H2,1H3/t17-/m1/s1. The van der Waals surface area contributed by atoms with Gasteiger partial charge >= 0.3 is 0 Å². The molecular formula is C17H22N2O. The molecule has 3 heteroatoms. The van der Waals surface area contributed by atoms with Gasteiger partial charge in [-0.25, -0.2) is 0 Å². The first-order valence-electron chi connectivity index (χ1n) is 6.95. The lowest BCUT2D eigenvalue weighted by molar-refractivity contribution is 0.414. The van der Waals surface area contributed by atoms with E-state index in [0.29, 0.717) is 6.54 Å². The Kier molecular flexibility index (Phi) is 5.59. The fraction of sp³-hybridized carbons (Fsp3) is 0.294. The van der Waals surface area contributed by atoms with Crippen LogP contribution in [0, 0.1) is 0 Å². The molecule has 20 heavy (non-hydrogen) atoms. The lowest BCUT2D eigenvalue weighted by Gasteiger charge is -2.19. The van der Waals surface area contributed by atoms with E-state index in [2.05, 4.69) is 41.7 Å². The summed E-state index contributed by atoms with van der Waals surface area (Å²) in [6.45, 7) is 1.45. The predicted octanol–water partition coefficient (Wildman–Crippen LogP) is 2.53. The summed E-state index contributed by atoms with van der Waals surface area (Å²) in [5, 5.41) is 3.51. The summed E-state index contributed by atoms with van der Waals surface area (Å²) < 4.78 is 5.21. The molecule has 3 N–H and O–H groups in total. The average Bonchev–Trinajstić information content (AvgIpc) is 2.52. The number of benzene rings is 2. The van der Waals surface area contributed by atoms with E-state index in [9.17, 15) is 0 Å². The Morgan fingerprint density at radius 2 is 1.75 bits per heavy atom. The van der Waals surface area contributed by atoms with Gasteiger partial charge in [0.2, 0.25) is 0 Å². The number of nitrogens with one attached hydrogen (secondary N) is 1. The minimum atomic E-state index is 0.270. The normalized spacial score (nSPS) is 12.1. The van der Waals surface area contributed by atoms with Crippen LogP contribution in [0.3, 0.4) is 0 Å². The number of methoxy groups -OCH3 is 1. The number of hydrogen-bond donors (Lipinski definition) is 2. The van der Waals surface area contributed by atoms with Crippen LogP contribution in [0.25, 0.3) is 0 Å². The van der Waals surface area contributed by atoms with E-state index in [0.717, 1.165) is 18.7 Å². The van der Waals surface area contributed by atoms with Gasteiger partial charge in [-0.2, -0.15) is 0 Å². The van der Waals surface area contributed by atoms with Gasteiger partial charge in [-0.1, -0.05) is 42.5 Å². The van der Waals surface area contributed by atoms with Crippen molar-refractivity contribution >= 4 is 0 Å². The van der Waals surface area contributed by atoms with Gasteiger partial charge in [0.15, 0.2) is 0 Å². The van der Waals surface area contributed by atoms with E-state index >= 15 is 0 Å². The maximum absolute atomic E-state index is 5.61. The van der Waals surface area contributed by atoms with Crippen LogP contribution in [0.5, 0.6) is 5.75 Å². The monoisotopic (exact) mass is 270 g/mol. The summed E-state index contributed by atoms with van der Waals surface area (Å²) >= 11 is 0. The molecule has 0 bridgehead atoms. The van der Waals surface area contributed by atoms with Crippen molar-refractivity contribution in [3.05, 3.63) is 65.7 Å². The SMILES string of the molecule is COc1ccc([C@@H](Cc2ccccc2)NCCN)cc1. The van der Waals surface area contributed by atoms with E-state index in [1.807, 2.05) is 18.2 Å². The second-order valence-electron chi connectivity index (χ2n) is 4.76. The third kappa shape index (κ3) is 4.08. The molecule has 0 unspecified atom stereocenters. The van der Waals surface area contributed by atoms with Gasteiger partial charge < -0.3 is 15.8 Å². The predicted molar refractivity (Wildman–Crippen MR) is 82.9 cm³/mol. The smallest absolute Gasteiger partial charge is 0.118 e. The van der Waals surface area contributed by atoms with E-state index in [1.54, 1.807) is 7.11 Å². The zero-order valence-electron chi connectivity index (χ0n) is 11.9. The van der Waals surface area contributed by atoms with Crippen LogP contribution in [0.2, 0.25) is 0 Å². The molecule has 0 radical (unpaired) electrons. The van der Waals surface area contributed by atoms with Crippen molar-refractivity contribution in [1.82, 2.24) is 5.32 Å². The van der Waals surface area contributed by atoms with Crippen LogP contribution >= 0.6 is 0 Å². The van der Waals surface area contributed by atoms with Crippen LogP contribution in [0.15, 0.2) is 54.6 Å². The van der Waals surface area contributed by atoms with Crippen molar-refractivity contribution in [3.8, 4) is 5.75 Å². The molecule has 2 rings (SSSR count). The number of rotatable bonds is 7. The van der Waals surface area contributed by atoms with E-state index < -0.39 is 0 Å². The first kappa shape index (κ1) is 14.6. The molecule has 2 aromatic carbocycles. The molecule has 0 aliphatic carbocycles. The molecule has 0 amide bonds. The van der Waals surface area contributed by atoms with Crippen molar-refractivity contribution in [2.75, 3.05) is 20.2 Å². The molecule has 0 saturated heterocycles. The van der Waals surface area contributed by atoms with Crippen LogP contribution in [-0.4, -0.2) is 20.2 Å². The first-order valence-corrected chi connectivity index (χ1v) is 6.95. The zero-order chi connectivity index (χ0) is 14.2. The van der Waals surface area contributed by atoms with Gasteiger partial charge in [0.1, 0.15) is 5.75 Å². The summed E-state index contributed by atoms with van der Waals surface area (Å²) in [6.07, 6.45) is 0.952. The van der Waals surface area contributed by atoms with Gasteiger partial charge in [-0.3, -0.25) is 0 Å². The van der Waals surface area contributed by atoms with Crippen molar-refractivity contribution in [2.24, 2.45) is 5.73 Å². The van der Waals surface area contributed by atoms with Gasteiger partial charge in [0, 0.05) is 19.1 Å². The quantitative estimate of drug-likeness (QED) is 0.812. The van der Waals surface area contributed by atoms with E-state index in [-0.39, 0.29) is 6.04 Å². The van der Waals surface area contributed by atoms with Crippen LogP contribution in [0.1, 0.15) is 17.2 Å². The van der Waals surface area contributed by atoms with Crippen molar-refractivity contribution < 1.29 is 4.74 Å². The van der Waals surface area contributed by atoms with Gasteiger partial charge in [0.05, 0.1) is 7.11 Å². The molecule has 0 heterocycles. The molecule has 2 aromatic rings. The average molecular weight is 270 g/mol. The van der Waals surface area contributed by atoms with E-state index in [1.165, 1.54) is 11.1 Å². The Morgan fingerprint density at radius 3 is 2.35 bits per heavy atom. The summed E-state index contributed by atoms with van der Waals surface area (Å²) in [4.78, 5) is 0. The highest BCUT2D eigenvalue weighted by atomic mass is 16.5. The molecule has 3 nitrogen and oxygen atoms in total. The second-order valence-corrected chi connectivity index (χ2v) is 4.76. The van der Waals surface area contributed by atoms with E-state index in [4.69, 9.17) is 10.5 Å². The molecule has 0 aliphatic rings. The van der Waals surface area contributed by atoms with Gasteiger partial charge in [0.25, 0.3) is 0 Å². The third-order valence-electron chi connectivity index (χ3n) is 3.34. The number of nitrogens with two attached hydrogens (primary N) is 1. The number of hydrogen-bond acceptors (Lipinski definition) is 3. The minimum absolute atomic E-state index is 0.270. The van der Waals surface area contributed by atoms with Crippen molar-refractivity contribution in [3.63, 3.8) is 0 Å². The molecular weight excluding hydrogens is 248 g/mol. The van der Waals surface area contributed by atoms with Crippen molar-refractivity contribution in [1.29, 1.82) is 0 Å². The number of ether oxygens (including phenoxy) is 1. The largest absolute Gasteiger partial charge is 0.497 e. The van der Waals surface area contributed by atoms with Crippen LogP contribution in [0.4, 0.5) is 0 Å². The Bertz CT molecular complexity index is 496. The third-order valence-corrected chi connectivity index (χ3v) is 3.34. The van der Waals surface area contributed by atoms with Crippen molar-refractivity contribution in [2.45, 2.75) is 12.5 Å². The lowest BCUT2D eigenvalue weighted by atomic mass is 9.98. The summed E-state index contributed by atoms with van der Waals surface area (Å²) in [5.41, 5.74) is 8.18. The van der Waals surface area contributed by atoms with Gasteiger partial charge in [-0.15, -0.1) is 0 Å². The highest BCUT2D eigenvalue weighted by Gasteiger charge is 2.11. The molecule has 1 atom stereocenters. The lowest BCUT2D eigenvalue weighted by Crippen LogP contribution is -2.28. The van der Waals surface area contributed by atoms with Crippen LogP contribution < -0.4 is 15.8 Å². The van der Waals surface area contributed by atoms with Crippen LogP contribution in [-0.2, 0) is 6.42 Å². The molecule has 0 aliphatic heterocycles. The minimum Gasteiger partial charge on any atom is -0.497 e. The molecule has 0 spiro atoms.